The first-order valence-corrected chi connectivity index (χ1v) is 6.20. The van der Waals surface area contributed by atoms with E-state index in [4.69, 9.17) is 23.2 Å². The molecular weight excluding hydrogens is 289 g/mol. The van der Waals surface area contributed by atoms with Crippen LogP contribution in [0.4, 0.5) is 5.69 Å². The van der Waals surface area contributed by atoms with Gasteiger partial charge in [-0.3, -0.25) is 9.48 Å². The maximum atomic E-state index is 11.9. The highest BCUT2D eigenvalue weighted by Gasteiger charge is 2.13. The van der Waals surface area contributed by atoms with Crippen molar-refractivity contribution >= 4 is 34.8 Å². The van der Waals surface area contributed by atoms with Gasteiger partial charge in [0.15, 0.2) is 10.3 Å². The third kappa shape index (κ3) is 3.21. The topological polar surface area (TPSA) is 72.7 Å². The molecule has 0 aliphatic heterocycles. The molecule has 19 heavy (non-hydrogen) atoms. The summed E-state index contributed by atoms with van der Waals surface area (Å²) in [4.78, 5) is 19.4. The Balaban J connectivity index is 2.12. The predicted octanol–water partition coefficient (Wildman–Crippen LogP) is 2.24. The number of rotatable bonds is 3. The maximum absolute atomic E-state index is 11.9. The minimum absolute atomic E-state index is 0.0707. The highest BCUT2D eigenvalue weighted by Crippen LogP contribution is 2.25. The van der Waals surface area contributed by atoms with Gasteiger partial charge in [0.2, 0.25) is 5.91 Å². The van der Waals surface area contributed by atoms with Crippen molar-refractivity contribution in [2.45, 2.75) is 20.4 Å². The van der Waals surface area contributed by atoms with Gasteiger partial charge in [0.1, 0.15) is 18.6 Å². The molecule has 0 saturated carbocycles. The number of halogens is 2. The number of hydrogen-bond donors (Lipinski definition) is 1. The second-order valence-corrected chi connectivity index (χ2v) is 4.68. The van der Waals surface area contributed by atoms with Crippen LogP contribution < -0.4 is 5.32 Å². The first kappa shape index (κ1) is 13.8. The van der Waals surface area contributed by atoms with Gasteiger partial charge >= 0.3 is 0 Å². The number of aryl methyl sites for hydroxylation is 2. The van der Waals surface area contributed by atoms with Gasteiger partial charge in [-0.05, 0) is 19.9 Å². The SMILES string of the molecule is Cc1cc(C)n(CC(=O)Nc2c(Cl)ncnc2Cl)n1. The van der Waals surface area contributed by atoms with Crippen molar-refractivity contribution in [2.24, 2.45) is 0 Å². The Labute approximate surface area is 119 Å². The van der Waals surface area contributed by atoms with Crippen LogP contribution in [-0.4, -0.2) is 25.7 Å². The zero-order valence-electron chi connectivity index (χ0n) is 10.3. The molecule has 2 aromatic rings. The van der Waals surface area contributed by atoms with E-state index in [0.29, 0.717) is 0 Å². The van der Waals surface area contributed by atoms with Crippen molar-refractivity contribution in [3.05, 3.63) is 34.1 Å². The Bertz CT molecular complexity index is 605. The average Bonchev–Trinajstić information content (AvgIpc) is 2.63. The number of carbonyl (C=O) groups is 1. The molecule has 100 valence electrons. The standard InChI is InChI=1S/C11H11Cl2N5O/c1-6-3-7(2)18(17-6)4-8(19)16-9-10(12)14-5-15-11(9)13/h3,5H,4H2,1-2H3,(H,16,19). The van der Waals surface area contributed by atoms with Crippen LogP contribution in [0.25, 0.3) is 0 Å². The number of nitrogens with one attached hydrogen (secondary N) is 1. The van der Waals surface area contributed by atoms with Crippen molar-refractivity contribution in [3.63, 3.8) is 0 Å². The Morgan fingerprint density at radius 2 is 1.95 bits per heavy atom. The molecule has 0 spiro atoms. The monoisotopic (exact) mass is 299 g/mol. The Kier molecular flexibility index (Phi) is 4.01. The predicted molar refractivity (Wildman–Crippen MR) is 72.4 cm³/mol. The number of anilines is 1. The fraction of sp³-hybridized carbons (Fsp3) is 0.273. The van der Waals surface area contributed by atoms with E-state index in [0.717, 1.165) is 11.4 Å². The molecule has 6 nitrogen and oxygen atoms in total. The quantitative estimate of drug-likeness (QED) is 0.882. The first-order chi connectivity index (χ1) is 8.97. The van der Waals surface area contributed by atoms with E-state index in [2.05, 4.69) is 20.4 Å². The van der Waals surface area contributed by atoms with E-state index in [1.54, 1.807) is 4.68 Å². The second kappa shape index (κ2) is 5.54. The van der Waals surface area contributed by atoms with Crippen LogP contribution in [0.2, 0.25) is 10.3 Å². The molecule has 0 unspecified atom stereocenters. The van der Waals surface area contributed by atoms with Crippen molar-refractivity contribution in [2.75, 3.05) is 5.32 Å². The van der Waals surface area contributed by atoms with Gasteiger partial charge in [-0.1, -0.05) is 23.2 Å². The fourth-order valence-electron chi connectivity index (χ4n) is 1.60. The van der Waals surface area contributed by atoms with Crippen molar-refractivity contribution in [1.29, 1.82) is 0 Å². The number of aromatic nitrogens is 4. The van der Waals surface area contributed by atoms with Crippen molar-refractivity contribution in [3.8, 4) is 0 Å². The van der Waals surface area contributed by atoms with Gasteiger partial charge in [-0.15, -0.1) is 0 Å². The zero-order valence-corrected chi connectivity index (χ0v) is 11.8. The van der Waals surface area contributed by atoms with Gasteiger partial charge in [-0.2, -0.15) is 5.10 Å². The minimum atomic E-state index is -0.301. The maximum Gasteiger partial charge on any atom is 0.246 e. The molecule has 8 heteroatoms. The lowest BCUT2D eigenvalue weighted by Crippen LogP contribution is -2.21. The van der Waals surface area contributed by atoms with E-state index < -0.39 is 0 Å². The lowest BCUT2D eigenvalue weighted by molar-refractivity contribution is -0.116. The van der Waals surface area contributed by atoms with E-state index in [9.17, 15) is 4.79 Å². The molecule has 0 aliphatic rings. The molecule has 0 fully saturated rings. The van der Waals surface area contributed by atoms with Crippen LogP contribution in [0, 0.1) is 13.8 Å². The summed E-state index contributed by atoms with van der Waals surface area (Å²) in [6.07, 6.45) is 1.22. The first-order valence-electron chi connectivity index (χ1n) is 5.44. The van der Waals surface area contributed by atoms with Crippen molar-refractivity contribution in [1.82, 2.24) is 19.7 Å². The summed E-state index contributed by atoms with van der Waals surface area (Å²) in [6.45, 7) is 3.81. The Hall–Kier alpha value is -1.66. The minimum Gasteiger partial charge on any atom is -0.319 e. The van der Waals surface area contributed by atoms with Gasteiger partial charge in [0.05, 0.1) is 5.69 Å². The number of nitrogens with zero attached hydrogens (tertiary/aromatic N) is 4. The number of amides is 1. The smallest absolute Gasteiger partial charge is 0.246 e. The summed E-state index contributed by atoms with van der Waals surface area (Å²) in [5.41, 5.74) is 1.95. The third-order valence-corrected chi connectivity index (χ3v) is 2.99. The highest BCUT2D eigenvalue weighted by molar-refractivity contribution is 6.38. The lowest BCUT2D eigenvalue weighted by atomic mass is 10.4. The van der Waals surface area contributed by atoms with Crippen LogP contribution >= 0.6 is 23.2 Å². The van der Waals surface area contributed by atoms with Crippen LogP contribution in [-0.2, 0) is 11.3 Å². The highest BCUT2D eigenvalue weighted by atomic mass is 35.5. The summed E-state index contributed by atoms with van der Waals surface area (Å²) in [6, 6.07) is 1.89. The van der Waals surface area contributed by atoms with Crippen LogP contribution in [0.5, 0.6) is 0 Å². The van der Waals surface area contributed by atoms with E-state index in [1.807, 2.05) is 19.9 Å². The lowest BCUT2D eigenvalue weighted by Gasteiger charge is -2.08. The largest absolute Gasteiger partial charge is 0.319 e. The van der Waals surface area contributed by atoms with Gasteiger partial charge in [0.25, 0.3) is 0 Å². The third-order valence-electron chi connectivity index (χ3n) is 2.42. The van der Waals surface area contributed by atoms with Crippen LogP contribution in [0.15, 0.2) is 12.4 Å². The summed E-state index contributed by atoms with van der Waals surface area (Å²) >= 11 is 11.7. The summed E-state index contributed by atoms with van der Waals surface area (Å²) in [7, 11) is 0. The summed E-state index contributed by atoms with van der Waals surface area (Å²) in [5.74, 6) is -0.301. The fourth-order valence-corrected chi connectivity index (χ4v) is 2.01. The molecule has 2 aromatic heterocycles. The van der Waals surface area contributed by atoms with Crippen LogP contribution in [0.3, 0.4) is 0 Å². The van der Waals surface area contributed by atoms with Crippen molar-refractivity contribution < 1.29 is 4.79 Å². The van der Waals surface area contributed by atoms with Gasteiger partial charge in [0, 0.05) is 5.69 Å². The molecule has 0 saturated heterocycles. The zero-order chi connectivity index (χ0) is 14.0. The van der Waals surface area contributed by atoms with Gasteiger partial charge in [-0.25, -0.2) is 9.97 Å². The summed E-state index contributed by atoms with van der Waals surface area (Å²) < 4.78 is 1.59. The molecular formula is C11H11Cl2N5O. The molecule has 1 N–H and O–H groups in total. The molecule has 1 amide bonds. The van der Waals surface area contributed by atoms with E-state index in [-0.39, 0.29) is 28.4 Å². The molecule has 0 aliphatic carbocycles. The molecule has 0 bridgehead atoms. The second-order valence-electron chi connectivity index (χ2n) is 3.96. The normalized spacial score (nSPS) is 10.5. The number of carbonyl (C=O) groups excluding carboxylic acids is 1. The Morgan fingerprint density at radius 1 is 1.32 bits per heavy atom. The number of hydrogen-bond acceptors (Lipinski definition) is 4. The van der Waals surface area contributed by atoms with Crippen LogP contribution in [0.1, 0.15) is 11.4 Å². The van der Waals surface area contributed by atoms with E-state index in [1.165, 1.54) is 6.33 Å². The Morgan fingerprint density at radius 3 is 2.47 bits per heavy atom. The van der Waals surface area contributed by atoms with Gasteiger partial charge < -0.3 is 5.32 Å². The molecule has 0 radical (unpaired) electrons. The average molecular weight is 300 g/mol. The molecule has 2 heterocycles. The summed E-state index contributed by atoms with van der Waals surface area (Å²) in [5, 5.41) is 6.97. The molecule has 0 aromatic carbocycles. The van der Waals surface area contributed by atoms with E-state index >= 15 is 0 Å². The molecule has 0 atom stereocenters. The molecule has 2 rings (SSSR count).